The number of nitrogens with zero attached hydrogens (tertiary/aromatic N) is 1. The Kier molecular flexibility index (Phi) is 5.12. The second-order valence-corrected chi connectivity index (χ2v) is 8.69. The summed E-state index contributed by atoms with van der Waals surface area (Å²) in [5.41, 5.74) is -0.874. The highest BCUT2D eigenvalue weighted by molar-refractivity contribution is 6.30. The van der Waals surface area contributed by atoms with Gasteiger partial charge in [-0.1, -0.05) is 23.7 Å². The topological polar surface area (TPSA) is 78.9 Å². The van der Waals surface area contributed by atoms with Crippen molar-refractivity contribution in [1.29, 1.82) is 0 Å². The lowest BCUT2D eigenvalue weighted by atomic mass is 10.0. The summed E-state index contributed by atoms with van der Waals surface area (Å²) in [6.45, 7) is 5.13. The minimum Gasteiger partial charge on any atom is -0.444 e. The van der Waals surface area contributed by atoms with Crippen molar-refractivity contribution in [3.8, 4) is 0 Å². The van der Waals surface area contributed by atoms with Gasteiger partial charge in [0.15, 0.2) is 0 Å². The molecule has 2 unspecified atom stereocenters. The van der Waals surface area contributed by atoms with E-state index in [0.717, 1.165) is 0 Å². The van der Waals surface area contributed by atoms with Crippen molar-refractivity contribution in [3.63, 3.8) is 0 Å². The quantitative estimate of drug-likeness (QED) is 0.817. The number of fused-ring (bicyclic) bond motifs is 1. The zero-order valence-corrected chi connectivity index (χ0v) is 16.3. The first-order valence-corrected chi connectivity index (χ1v) is 9.28. The SMILES string of the molecule is CC(C)(C)OC(=O)N1C2CC2(CO)C[C@H]1C(=O)NCc1cccc(Cl)c1F. The van der Waals surface area contributed by atoms with Crippen molar-refractivity contribution in [2.45, 2.75) is 57.8 Å². The van der Waals surface area contributed by atoms with E-state index in [-0.39, 0.29) is 29.8 Å². The Hall–Kier alpha value is -1.86. The molecule has 1 saturated carbocycles. The molecule has 3 atom stereocenters. The first-order chi connectivity index (χ1) is 12.6. The molecule has 3 rings (SSSR count). The van der Waals surface area contributed by atoms with E-state index in [0.29, 0.717) is 12.8 Å². The standard InChI is InChI=1S/C19H24ClFN2O4/c1-18(2,3)27-17(26)23-13(7-19(10-24)8-14(19)23)16(25)22-9-11-5-4-6-12(20)15(11)21/h4-6,13-14,24H,7-10H2,1-3H3,(H,22,25)/t13-,14?,19?/m0/s1. The first-order valence-electron chi connectivity index (χ1n) is 8.91. The molecular weight excluding hydrogens is 375 g/mol. The summed E-state index contributed by atoms with van der Waals surface area (Å²) in [4.78, 5) is 26.8. The van der Waals surface area contributed by atoms with E-state index in [1.807, 2.05) is 0 Å². The molecule has 6 nitrogen and oxygen atoms in total. The number of rotatable bonds is 4. The Bertz CT molecular complexity index is 767. The fourth-order valence-corrected chi connectivity index (χ4v) is 3.84. The second-order valence-electron chi connectivity index (χ2n) is 8.28. The summed E-state index contributed by atoms with van der Waals surface area (Å²) in [6, 6.07) is 3.60. The average Bonchev–Trinajstić information content (AvgIpc) is 3.19. The van der Waals surface area contributed by atoms with Crippen LogP contribution in [0.5, 0.6) is 0 Å². The number of carbonyl (C=O) groups is 2. The number of halogens is 2. The highest BCUT2D eigenvalue weighted by atomic mass is 35.5. The van der Waals surface area contributed by atoms with E-state index in [1.54, 1.807) is 26.8 Å². The van der Waals surface area contributed by atoms with Gasteiger partial charge in [0, 0.05) is 23.6 Å². The molecule has 148 valence electrons. The summed E-state index contributed by atoms with van der Waals surface area (Å²) in [5.74, 6) is -0.982. The van der Waals surface area contributed by atoms with Gasteiger partial charge in [-0.2, -0.15) is 0 Å². The van der Waals surface area contributed by atoms with Crippen LogP contribution in [-0.4, -0.2) is 46.3 Å². The smallest absolute Gasteiger partial charge is 0.411 e. The van der Waals surface area contributed by atoms with Crippen molar-refractivity contribution in [1.82, 2.24) is 10.2 Å². The van der Waals surface area contributed by atoms with Crippen LogP contribution in [0.25, 0.3) is 0 Å². The predicted molar refractivity (Wildman–Crippen MR) is 97.7 cm³/mol. The van der Waals surface area contributed by atoms with Crippen molar-refractivity contribution in [2.75, 3.05) is 6.61 Å². The van der Waals surface area contributed by atoms with E-state index in [4.69, 9.17) is 16.3 Å². The Morgan fingerprint density at radius 3 is 2.74 bits per heavy atom. The number of hydrogen-bond acceptors (Lipinski definition) is 4. The minimum absolute atomic E-state index is 0.0153. The molecular formula is C19H24ClFN2O4. The van der Waals surface area contributed by atoms with E-state index in [2.05, 4.69) is 5.32 Å². The van der Waals surface area contributed by atoms with Gasteiger partial charge in [-0.15, -0.1) is 0 Å². The van der Waals surface area contributed by atoms with Gasteiger partial charge in [0.1, 0.15) is 17.5 Å². The molecule has 2 aliphatic rings. The van der Waals surface area contributed by atoms with Crippen LogP contribution in [-0.2, 0) is 16.1 Å². The summed E-state index contributed by atoms with van der Waals surface area (Å²) in [5, 5.41) is 12.4. The minimum atomic E-state index is -0.756. The molecule has 2 N–H and O–H groups in total. The second kappa shape index (κ2) is 6.95. The molecule has 1 saturated heterocycles. The van der Waals surface area contributed by atoms with E-state index in [9.17, 15) is 19.1 Å². The number of piperidine rings is 1. The molecule has 1 aliphatic carbocycles. The number of aliphatic hydroxyl groups is 1. The van der Waals surface area contributed by atoms with Crippen LogP contribution >= 0.6 is 11.6 Å². The summed E-state index contributed by atoms with van der Waals surface area (Å²) < 4.78 is 19.4. The van der Waals surface area contributed by atoms with Crippen LogP contribution in [0.15, 0.2) is 18.2 Å². The fraction of sp³-hybridized carbons (Fsp3) is 0.579. The molecule has 0 aromatic heterocycles. The fourth-order valence-electron chi connectivity index (χ4n) is 3.65. The number of aliphatic hydroxyl groups excluding tert-OH is 1. The number of hydrogen-bond donors (Lipinski definition) is 2. The van der Waals surface area contributed by atoms with Crippen LogP contribution in [0.3, 0.4) is 0 Å². The number of amides is 2. The van der Waals surface area contributed by atoms with Gasteiger partial charge in [0.05, 0.1) is 11.6 Å². The van der Waals surface area contributed by atoms with Gasteiger partial charge >= 0.3 is 6.09 Å². The normalized spacial score (nSPS) is 26.5. The number of ether oxygens (including phenoxy) is 1. The lowest BCUT2D eigenvalue weighted by Gasteiger charge is -2.29. The van der Waals surface area contributed by atoms with Crippen molar-refractivity contribution < 1.29 is 23.8 Å². The number of carbonyl (C=O) groups excluding carboxylic acids is 2. The van der Waals surface area contributed by atoms with Crippen LogP contribution in [0, 0.1) is 11.2 Å². The third-order valence-corrected chi connectivity index (χ3v) is 5.42. The molecule has 1 aromatic carbocycles. The largest absolute Gasteiger partial charge is 0.444 e. The Morgan fingerprint density at radius 2 is 2.11 bits per heavy atom. The lowest BCUT2D eigenvalue weighted by molar-refractivity contribution is -0.126. The van der Waals surface area contributed by atoms with Gasteiger partial charge in [-0.25, -0.2) is 9.18 Å². The average molecular weight is 399 g/mol. The van der Waals surface area contributed by atoms with Crippen molar-refractivity contribution in [2.24, 2.45) is 5.41 Å². The number of benzene rings is 1. The zero-order valence-electron chi connectivity index (χ0n) is 15.6. The summed E-state index contributed by atoms with van der Waals surface area (Å²) in [6.07, 6.45) is 0.432. The van der Waals surface area contributed by atoms with Gasteiger partial charge in [-0.05, 0) is 39.7 Å². The molecule has 1 heterocycles. The van der Waals surface area contributed by atoms with Gasteiger partial charge < -0.3 is 15.2 Å². The molecule has 1 aromatic rings. The van der Waals surface area contributed by atoms with E-state index < -0.39 is 34.9 Å². The van der Waals surface area contributed by atoms with Crippen molar-refractivity contribution in [3.05, 3.63) is 34.6 Å². The zero-order chi connectivity index (χ0) is 20.0. The van der Waals surface area contributed by atoms with Gasteiger partial charge in [0.2, 0.25) is 5.91 Å². The van der Waals surface area contributed by atoms with Gasteiger partial charge in [-0.3, -0.25) is 9.69 Å². The molecule has 2 fully saturated rings. The molecule has 8 heteroatoms. The van der Waals surface area contributed by atoms with Crippen LogP contribution in [0.4, 0.5) is 9.18 Å². The number of nitrogens with one attached hydrogen (secondary N) is 1. The molecule has 0 spiro atoms. The predicted octanol–water partition coefficient (Wildman–Crippen LogP) is 2.86. The van der Waals surface area contributed by atoms with Crippen LogP contribution in [0.1, 0.15) is 39.2 Å². The van der Waals surface area contributed by atoms with Crippen molar-refractivity contribution >= 4 is 23.6 Å². The third-order valence-electron chi connectivity index (χ3n) is 5.12. The highest BCUT2D eigenvalue weighted by Gasteiger charge is 2.67. The van der Waals surface area contributed by atoms with E-state index >= 15 is 0 Å². The summed E-state index contributed by atoms with van der Waals surface area (Å²) >= 11 is 5.76. The highest BCUT2D eigenvalue weighted by Crippen LogP contribution is 2.59. The lowest BCUT2D eigenvalue weighted by Crippen LogP contribution is -2.49. The maximum absolute atomic E-state index is 14.0. The number of likely N-dealkylation sites (tertiary alicyclic amines) is 1. The molecule has 2 amide bonds. The maximum atomic E-state index is 14.0. The maximum Gasteiger partial charge on any atom is 0.411 e. The molecule has 0 bridgehead atoms. The Labute approximate surface area is 162 Å². The van der Waals surface area contributed by atoms with Crippen LogP contribution in [0.2, 0.25) is 5.02 Å². The van der Waals surface area contributed by atoms with Crippen LogP contribution < -0.4 is 5.32 Å². The Balaban J connectivity index is 1.72. The summed E-state index contributed by atoms with van der Waals surface area (Å²) in [7, 11) is 0. The Morgan fingerprint density at radius 1 is 1.41 bits per heavy atom. The van der Waals surface area contributed by atoms with Gasteiger partial charge in [0.25, 0.3) is 0 Å². The van der Waals surface area contributed by atoms with E-state index in [1.165, 1.54) is 17.0 Å². The first kappa shape index (κ1) is 19.9. The molecule has 0 radical (unpaired) electrons. The third kappa shape index (κ3) is 3.89. The molecule has 27 heavy (non-hydrogen) atoms. The molecule has 1 aliphatic heterocycles. The monoisotopic (exact) mass is 398 g/mol.